The molecule has 1 atom stereocenters. The molecule has 3 rings (SSSR count). The molecule has 1 aliphatic rings. The summed E-state index contributed by atoms with van der Waals surface area (Å²) in [6.45, 7) is 8.02. The van der Waals surface area contributed by atoms with Crippen LogP contribution >= 0.6 is 0 Å². The largest absolute Gasteiger partial charge is 0.359 e. The predicted molar refractivity (Wildman–Crippen MR) is 136 cm³/mol. The average Bonchev–Trinajstić information content (AvgIpc) is 3.25. The number of unbranched alkanes of at least 4 members (excludes halogenated alkanes) is 4. The van der Waals surface area contributed by atoms with Gasteiger partial charge in [-0.25, -0.2) is 0 Å². The lowest BCUT2D eigenvalue weighted by Gasteiger charge is -2.13. The molecule has 0 saturated heterocycles. The molecule has 178 valence electrons. The second-order valence-electron chi connectivity index (χ2n) is 9.09. The van der Waals surface area contributed by atoms with E-state index < -0.39 is 0 Å². The first-order chi connectivity index (χ1) is 15.9. The maximum Gasteiger partial charge on any atom is 0.256 e. The fourth-order valence-electron chi connectivity index (χ4n) is 4.74. The molecule has 2 amide bonds. The van der Waals surface area contributed by atoms with Gasteiger partial charge in [0.05, 0.1) is 5.57 Å². The lowest BCUT2D eigenvalue weighted by Crippen LogP contribution is -2.25. The van der Waals surface area contributed by atoms with E-state index in [1.807, 2.05) is 44.3 Å². The Hall–Kier alpha value is -2.86. The molecule has 0 radical (unpaired) electrons. The Bertz CT molecular complexity index is 1010. The highest BCUT2D eigenvalue weighted by atomic mass is 16.2. The highest BCUT2D eigenvalue weighted by molar-refractivity contribution is 6.34. The van der Waals surface area contributed by atoms with Crippen LogP contribution in [0.2, 0.25) is 0 Å². The van der Waals surface area contributed by atoms with Gasteiger partial charge in [-0.2, -0.15) is 0 Å². The van der Waals surface area contributed by atoms with Gasteiger partial charge in [-0.3, -0.25) is 9.59 Å². The summed E-state index contributed by atoms with van der Waals surface area (Å²) in [4.78, 5) is 28.4. The fourth-order valence-corrected chi connectivity index (χ4v) is 4.74. The molecule has 0 bridgehead atoms. The summed E-state index contributed by atoms with van der Waals surface area (Å²) in [5, 5.41) is 9.17. The lowest BCUT2D eigenvalue weighted by atomic mass is 9.93. The van der Waals surface area contributed by atoms with Gasteiger partial charge in [-0.15, -0.1) is 0 Å². The number of para-hydroxylation sites is 1. The van der Waals surface area contributed by atoms with E-state index >= 15 is 0 Å². The van der Waals surface area contributed by atoms with Crippen LogP contribution in [0, 0.1) is 13.8 Å². The normalized spacial score (nSPS) is 14.9. The number of hydrogen-bond donors (Lipinski definition) is 4. The molecule has 2 heterocycles. The minimum atomic E-state index is -0.0844. The van der Waals surface area contributed by atoms with E-state index in [0.29, 0.717) is 12.0 Å². The third kappa shape index (κ3) is 6.35. The number of amides is 2. The number of H-pyrrole nitrogens is 1. The van der Waals surface area contributed by atoms with Crippen molar-refractivity contribution >= 4 is 29.2 Å². The van der Waals surface area contributed by atoms with Crippen molar-refractivity contribution in [3.63, 3.8) is 0 Å². The highest BCUT2D eigenvalue weighted by Crippen LogP contribution is 2.35. The number of aromatic amines is 1. The van der Waals surface area contributed by atoms with Gasteiger partial charge in [0.25, 0.3) is 5.91 Å². The van der Waals surface area contributed by atoms with Gasteiger partial charge in [-0.05, 0) is 69.5 Å². The van der Waals surface area contributed by atoms with Gasteiger partial charge >= 0.3 is 0 Å². The molecule has 6 heteroatoms. The SMILES string of the molecule is CNCCCCCCCNC(=O)CC(C)c1c(C)[nH]c(C=C2C(=O)Nc3ccccc32)c1C. The molecule has 0 saturated carbocycles. The fraction of sp³-hybridized carbons (Fsp3) is 0.481. The number of hydrogen-bond acceptors (Lipinski definition) is 3. The molecule has 0 fully saturated rings. The number of rotatable bonds is 12. The zero-order valence-corrected chi connectivity index (χ0v) is 20.4. The summed E-state index contributed by atoms with van der Waals surface area (Å²) in [6, 6.07) is 7.73. The van der Waals surface area contributed by atoms with Crippen molar-refractivity contribution in [3.05, 3.63) is 52.3 Å². The molecule has 6 nitrogen and oxygen atoms in total. The first kappa shape index (κ1) is 24.8. The Morgan fingerprint density at radius 1 is 1.06 bits per heavy atom. The summed E-state index contributed by atoms with van der Waals surface area (Å²) in [7, 11) is 1.98. The Morgan fingerprint density at radius 2 is 1.76 bits per heavy atom. The van der Waals surface area contributed by atoms with Crippen LogP contribution in [0.1, 0.15) is 79.4 Å². The van der Waals surface area contributed by atoms with Gasteiger partial charge < -0.3 is 20.9 Å². The number of fused-ring (bicyclic) bond motifs is 1. The van der Waals surface area contributed by atoms with Crippen molar-refractivity contribution < 1.29 is 9.59 Å². The summed E-state index contributed by atoms with van der Waals surface area (Å²) in [5.74, 6) is 0.111. The van der Waals surface area contributed by atoms with E-state index in [1.54, 1.807) is 0 Å². The standard InChI is InChI=1S/C27H38N4O2/c1-18(16-25(32)29-15-11-7-5-6-10-14-28-4)26-19(2)24(30-20(26)3)17-22-21-12-8-9-13-23(21)31-27(22)33/h8-9,12-13,17-18,28,30H,5-7,10-11,14-16H2,1-4H3,(H,29,32)(H,31,33). The molecule has 0 aliphatic carbocycles. The van der Waals surface area contributed by atoms with Gasteiger partial charge in [0.1, 0.15) is 0 Å². The van der Waals surface area contributed by atoms with Crippen LogP contribution < -0.4 is 16.0 Å². The Balaban J connectivity index is 1.56. The number of aryl methyl sites for hydroxylation is 1. The third-order valence-corrected chi connectivity index (χ3v) is 6.44. The van der Waals surface area contributed by atoms with Crippen molar-refractivity contribution in [1.82, 2.24) is 15.6 Å². The van der Waals surface area contributed by atoms with Crippen LogP contribution in [-0.2, 0) is 9.59 Å². The van der Waals surface area contributed by atoms with Crippen molar-refractivity contribution in [2.45, 2.75) is 65.2 Å². The molecular formula is C27H38N4O2. The molecule has 1 aromatic heterocycles. The quantitative estimate of drug-likeness (QED) is 0.274. The Kier molecular flexibility index (Phi) is 8.89. The van der Waals surface area contributed by atoms with Crippen molar-refractivity contribution in [3.8, 4) is 0 Å². The topological polar surface area (TPSA) is 86.0 Å². The number of aromatic nitrogens is 1. The summed E-state index contributed by atoms with van der Waals surface area (Å²) < 4.78 is 0. The monoisotopic (exact) mass is 450 g/mol. The highest BCUT2D eigenvalue weighted by Gasteiger charge is 2.25. The first-order valence-corrected chi connectivity index (χ1v) is 12.1. The molecule has 0 spiro atoms. The maximum atomic E-state index is 12.5. The smallest absolute Gasteiger partial charge is 0.256 e. The molecule has 4 N–H and O–H groups in total. The van der Waals surface area contributed by atoms with E-state index in [9.17, 15) is 9.59 Å². The van der Waals surface area contributed by atoms with E-state index in [4.69, 9.17) is 0 Å². The van der Waals surface area contributed by atoms with Crippen molar-refractivity contribution in [2.75, 3.05) is 25.5 Å². The van der Waals surface area contributed by atoms with E-state index in [2.05, 4.69) is 34.8 Å². The van der Waals surface area contributed by atoms with Gasteiger partial charge in [0, 0.05) is 35.6 Å². The number of carbonyl (C=O) groups excluding carboxylic acids is 2. The number of anilines is 1. The first-order valence-electron chi connectivity index (χ1n) is 12.1. The van der Waals surface area contributed by atoms with Crippen LogP contribution in [0.15, 0.2) is 24.3 Å². The van der Waals surface area contributed by atoms with Crippen LogP contribution in [0.4, 0.5) is 5.69 Å². The van der Waals surface area contributed by atoms with Crippen LogP contribution in [-0.4, -0.2) is 36.9 Å². The second kappa shape index (κ2) is 11.8. The molecule has 1 aromatic carbocycles. The van der Waals surface area contributed by atoms with E-state index in [1.165, 1.54) is 19.3 Å². The molecule has 1 aliphatic heterocycles. The van der Waals surface area contributed by atoms with E-state index in [-0.39, 0.29) is 17.7 Å². The summed E-state index contributed by atoms with van der Waals surface area (Å²) >= 11 is 0. The maximum absolute atomic E-state index is 12.5. The third-order valence-electron chi connectivity index (χ3n) is 6.44. The minimum Gasteiger partial charge on any atom is -0.359 e. The zero-order chi connectivity index (χ0) is 23.8. The van der Waals surface area contributed by atoms with Gasteiger partial charge in [0.2, 0.25) is 5.91 Å². The minimum absolute atomic E-state index is 0.0844. The Morgan fingerprint density at radius 3 is 2.52 bits per heavy atom. The van der Waals surface area contributed by atoms with Gasteiger partial charge in [-0.1, -0.05) is 44.4 Å². The van der Waals surface area contributed by atoms with Crippen LogP contribution in [0.5, 0.6) is 0 Å². The molecular weight excluding hydrogens is 412 g/mol. The number of carbonyl (C=O) groups is 2. The molecule has 1 unspecified atom stereocenters. The van der Waals surface area contributed by atoms with Crippen LogP contribution in [0.25, 0.3) is 11.6 Å². The summed E-state index contributed by atoms with van der Waals surface area (Å²) in [6.07, 6.45) is 8.25. The second-order valence-corrected chi connectivity index (χ2v) is 9.09. The zero-order valence-electron chi connectivity index (χ0n) is 20.4. The average molecular weight is 451 g/mol. The lowest BCUT2D eigenvalue weighted by molar-refractivity contribution is -0.121. The predicted octanol–water partition coefficient (Wildman–Crippen LogP) is 4.90. The van der Waals surface area contributed by atoms with Crippen LogP contribution in [0.3, 0.4) is 0 Å². The molecule has 2 aromatic rings. The Labute approximate surface area is 197 Å². The van der Waals surface area contributed by atoms with Crippen molar-refractivity contribution in [1.29, 1.82) is 0 Å². The van der Waals surface area contributed by atoms with Gasteiger partial charge in [0.15, 0.2) is 0 Å². The summed E-state index contributed by atoms with van der Waals surface area (Å²) in [5.41, 5.74) is 6.66. The van der Waals surface area contributed by atoms with Crippen molar-refractivity contribution in [2.24, 2.45) is 0 Å². The number of benzene rings is 1. The number of nitrogens with one attached hydrogen (secondary N) is 4. The van der Waals surface area contributed by atoms with E-state index in [0.717, 1.165) is 59.7 Å². The molecule has 33 heavy (non-hydrogen) atoms.